The van der Waals surface area contributed by atoms with Gasteiger partial charge in [-0.1, -0.05) is 25.5 Å². The van der Waals surface area contributed by atoms with Crippen molar-refractivity contribution >= 4 is 29.5 Å². The van der Waals surface area contributed by atoms with Crippen molar-refractivity contribution in [3.8, 4) is 5.88 Å². The van der Waals surface area contributed by atoms with E-state index in [-0.39, 0.29) is 34.0 Å². The SMILES string of the molecule is CCCCn1c(O)c(C2=NN(C(C)=O)[C@H](c3cccc([N+](=O)[O-])c3)C2)c(=O)[nH]c1=S. The first kappa shape index (κ1) is 21.4. The van der Waals surface area contributed by atoms with Gasteiger partial charge >= 0.3 is 0 Å². The van der Waals surface area contributed by atoms with Gasteiger partial charge in [0.25, 0.3) is 11.2 Å². The zero-order chi connectivity index (χ0) is 22.0. The van der Waals surface area contributed by atoms with Crippen molar-refractivity contribution < 1.29 is 14.8 Å². The molecule has 1 aromatic carbocycles. The summed E-state index contributed by atoms with van der Waals surface area (Å²) in [4.78, 5) is 37.9. The number of carbonyl (C=O) groups is 1. The fourth-order valence-corrected chi connectivity index (χ4v) is 3.67. The number of nitrogens with one attached hydrogen (secondary N) is 1. The number of carbonyl (C=O) groups excluding carboxylic acids is 1. The van der Waals surface area contributed by atoms with Crippen molar-refractivity contribution in [1.82, 2.24) is 14.6 Å². The number of hydrogen-bond donors (Lipinski definition) is 2. The Bertz CT molecular complexity index is 1150. The minimum atomic E-state index is -0.636. The largest absolute Gasteiger partial charge is 0.494 e. The molecule has 0 saturated carbocycles. The van der Waals surface area contributed by atoms with Gasteiger partial charge in [0.1, 0.15) is 5.56 Å². The summed E-state index contributed by atoms with van der Waals surface area (Å²) < 4.78 is 1.53. The monoisotopic (exact) mass is 431 g/mol. The molecule has 30 heavy (non-hydrogen) atoms. The molecule has 1 atom stereocenters. The van der Waals surface area contributed by atoms with Crippen LogP contribution in [-0.2, 0) is 11.3 Å². The highest BCUT2D eigenvalue weighted by atomic mass is 32.1. The van der Waals surface area contributed by atoms with Gasteiger partial charge in [-0.25, -0.2) is 5.01 Å². The van der Waals surface area contributed by atoms with E-state index in [0.29, 0.717) is 12.1 Å². The fraction of sp³-hybridized carbons (Fsp3) is 0.368. The maximum absolute atomic E-state index is 12.6. The van der Waals surface area contributed by atoms with Crippen LogP contribution in [0.25, 0.3) is 0 Å². The summed E-state index contributed by atoms with van der Waals surface area (Å²) in [5.74, 6) is -0.699. The van der Waals surface area contributed by atoms with Crippen molar-refractivity contribution in [3.05, 3.63) is 60.6 Å². The predicted molar refractivity (Wildman–Crippen MR) is 112 cm³/mol. The van der Waals surface area contributed by atoms with Gasteiger partial charge in [-0.2, -0.15) is 5.10 Å². The number of aromatic hydroxyl groups is 1. The summed E-state index contributed by atoms with van der Waals surface area (Å²) in [6, 6.07) is 5.27. The van der Waals surface area contributed by atoms with Gasteiger partial charge in [0.05, 0.1) is 16.7 Å². The Labute approximate surface area is 176 Å². The molecule has 2 aromatic rings. The van der Waals surface area contributed by atoms with Crippen molar-refractivity contribution in [2.45, 2.75) is 45.7 Å². The minimum Gasteiger partial charge on any atom is -0.494 e. The van der Waals surface area contributed by atoms with Gasteiger partial charge < -0.3 is 5.11 Å². The number of rotatable bonds is 6. The predicted octanol–water partition coefficient (Wildman–Crippen LogP) is 3.02. The third kappa shape index (κ3) is 4.01. The van der Waals surface area contributed by atoms with E-state index in [9.17, 15) is 24.8 Å². The van der Waals surface area contributed by atoms with E-state index in [1.54, 1.807) is 6.07 Å². The number of non-ortho nitro benzene ring substituents is 1. The summed E-state index contributed by atoms with van der Waals surface area (Å²) in [5, 5.41) is 27.3. The Morgan fingerprint density at radius 3 is 2.83 bits per heavy atom. The summed E-state index contributed by atoms with van der Waals surface area (Å²) in [7, 11) is 0. The molecule has 1 aliphatic heterocycles. The Hall–Kier alpha value is -3.34. The van der Waals surface area contributed by atoms with Crippen LogP contribution < -0.4 is 5.56 Å². The first-order valence-electron chi connectivity index (χ1n) is 9.42. The molecule has 0 bridgehead atoms. The third-order valence-corrected chi connectivity index (χ3v) is 5.22. The average molecular weight is 431 g/mol. The lowest BCUT2D eigenvalue weighted by Gasteiger charge is -2.20. The van der Waals surface area contributed by atoms with Crippen LogP contribution in [-0.4, -0.2) is 36.2 Å². The molecule has 0 spiro atoms. The lowest BCUT2D eigenvalue weighted by molar-refractivity contribution is -0.384. The maximum atomic E-state index is 12.6. The molecule has 158 valence electrons. The highest BCUT2D eigenvalue weighted by Gasteiger charge is 2.34. The number of unbranched alkanes of at least 4 members (excludes halogenated alkanes) is 1. The average Bonchev–Trinajstić information content (AvgIpc) is 3.13. The molecule has 1 aromatic heterocycles. The van der Waals surface area contributed by atoms with E-state index in [1.807, 2.05) is 6.92 Å². The number of aromatic nitrogens is 2. The van der Waals surface area contributed by atoms with Crippen molar-refractivity contribution in [3.63, 3.8) is 0 Å². The number of amides is 1. The fourth-order valence-electron chi connectivity index (χ4n) is 3.40. The van der Waals surface area contributed by atoms with Gasteiger partial charge in [-0.15, -0.1) is 0 Å². The first-order valence-corrected chi connectivity index (χ1v) is 9.83. The van der Waals surface area contributed by atoms with E-state index >= 15 is 0 Å². The molecular formula is C19H21N5O5S. The van der Waals surface area contributed by atoms with Crippen molar-refractivity contribution in [2.75, 3.05) is 0 Å². The van der Waals surface area contributed by atoms with Crippen molar-refractivity contribution in [1.29, 1.82) is 0 Å². The second-order valence-electron chi connectivity index (χ2n) is 6.95. The molecular weight excluding hydrogens is 410 g/mol. The highest BCUT2D eigenvalue weighted by molar-refractivity contribution is 7.71. The van der Waals surface area contributed by atoms with E-state index < -0.39 is 22.4 Å². The van der Waals surface area contributed by atoms with Gasteiger partial charge in [-0.05, 0) is 24.2 Å². The molecule has 0 fully saturated rings. The smallest absolute Gasteiger partial charge is 0.269 e. The van der Waals surface area contributed by atoms with Crippen LogP contribution in [0.2, 0.25) is 0 Å². The molecule has 0 saturated heterocycles. The van der Waals surface area contributed by atoms with Crippen LogP contribution in [0.5, 0.6) is 5.88 Å². The highest BCUT2D eigenvalue weighted by Crippen LogP contribution is 2.35. The maximum Gasteiger partial charge on any atom is 0.269 e. The van der Waals surface area contributed by atoms with Gasteiger partial charge in [-0.3, -0.25) is 29.3 Å². The van der Waals surface area contributed by atoms with Crippen LogP contribution in [0.15, 0.2) is 34.2 Å². The number of hydrogen-bond acceptors (Lipinski definition) is 7. The Kier molecular flexibility index (Phi) is 6.11. The van der Waals surface area contributed by atoms with Gasteiger partial charge in [0.15, 0.2) is 4.77 Å². The lowest BCUT2D eigenvalue weighted by Crippen LogP contribution is -2.24. The number of nitrogens with zero attached hydrogens (tertiary/aromatic N) is 4. The number of nitro benzene ring substituents is 1. The third-order valence-electron chi connectivity index (χ3n) is 4.89. The van der Waals surface area contributed by atoms with Crippen LogP contribution in [0.4, 0.5) is 5.69 Å². The number of nitro groups is 1. The Morgan fingerprint density at radius 2 is 2.20 bits per heavy atom. The van der Waals surface area contributed by atoms with Crippen LogP contribution >= 0.6 is 12.2 Å². The first-order chi connectivity index (χ1) is 14.2. The van der Waals surface area contributed by atoms with Crippen LogP contribution in [0.1, 0.15) is 50.3 Å². The Morgan fingerprint density at radius 1 is 1.47 bits per heavy atom. The summed E-state index contributed by atoms with van der Waals surface area (Å²) in [6.45, 7) is 3.72. The van der Waals surface area contributed by atoms with E-state index in [2.05, 4.69) is 10.1 Å². The molecule has 3 rings (SSSR count). The molecule has 0 radical (unpaired) electrons. The molecule has 0 unspecified atom stereocenters. The number of H-pyrrole nitrogens is 1. The van der Waals surface area contributed by atoms with Crippen LogP contribution in [0.3, 0.4) is 0 Å². The Balaban J connectivity index is 2.07. The molecule has 11 heteroatoms. The number of aromatic amines is 1. The second kappa shape index (κ2) is 8.57. The van der Waals surface area contributed by atoms with Crippen molar-refractivity contribution in [2.24, 2.45) is 5.10 Å². The zero-order valence-corrected chi connectivity index (χ0v) is 17.3. The van der Waals surface area contributed by atoms with E-state index in [0.717, 1.165) is 12.8 Å². The molecule has 2 N–H and O–H groups in total. The zero-order valence-electron chi connectivity index (χ0n) is 16.5. The molecule has 10 nitrogen and oxygen atoms in total. The van der Waals surface area contributed by atoms with E-state index in [1.165, 1.54) is 34.7 Å². The molecule has 1 amide bonds. The second-order valence-corrected chi connectivity index (χ2v) is 7.33. The molecule has 1 aliphatic rings. The van der Waals surface area contributed by atoms with E-state index in [4.69, 9.17) is 12.2 Å². The number of hydrazone groups is 1. The van der Waals surface area contributed by atoms with Crippen LogP contribution in [0, 0.1) is 14.9 Å². The topological polar surface area (TPSA) is 134 Å². The molecule has 0 aliphatic carbocycles. The number of benzene rings is 1. The summed E-state index contributed by atoms with van der Waals surface area (Å²) in [6.07, 6.45) is 1.72. The van der Waals surface area contributed by atoms with Gasteiger partial charge in [0.2, 0.25) is 11.8 Å². The molecule has 2 heterocycles. The lowest BCUT2D eigenvalue weighted by atomic mass is 9.98. The van der Waals surface area contributed by atoms with Gasteiger partial charge in [0, 0.05) is 32.0 Å². The summed E-state index contributed by atoms with van der Waals surface area (Å²) in [5.41, 5.74) is -0.0578. The minimum absolute atomic E-state index is 0.0566. The normalized spacial score (nSPS) is 15.9. The quantitative estimate of drug-likeness (QED) is 0.410. The standard InChI is InChI=1S/C19H21N5O5S/c1-3-4-8-22-18(27)16(17(26)20-19(22)30)14-10-15(23(21-14)11(2)25)12-6-5-7-13(9-12)24(28)29/h5-7,9,15,27H,3-4,8,10H2,1-2H3,(H,20,26,30)/t15-/m0/s1. The summed E-state index contributed by atoms with van der Waals surface area (Å²) >= 11 is 5.16.